The number of aromatic nitrogens is 4. The lowest BCUT2D eigenvalue weighted by atomic mass is 10.2. The predicted octanol–water partition coefficient (Wildman–Crippen LogP) is 2.01. The van der Waals surface area contributed by atoms with Gasteiger partial charge in [-0.1, -0.05) is 0 Å². The second-order valence-electron chi connectivity index (χ2n) is 4.77. The molecule has 0 fully saturated rings. The Morgan fingerprint density at radius 2 is 1.96 bits per heavy atom. The Morgan fingerprint density at radius 3 is 2.65 bits per heavy atom. The van der Waals surface area contributed by atoms with Gasteiger partial charge in [0.25, 0.3) is 0 Å². The van der Waals surface area contributed by atoms with Crippen LogP contribution in [0, 0.1) is 11.6 Å². The molecule has 0 aliphatic rings. The Hall–Kier alpha value is -2.68. The molecule has 0 spiro atoms. The van der Waals surface area contributed by atoms with Gasteiger partial charge in [-0.15, -0.1) is 0 Å². The molecule has 0 atom stereocenters. The Morgan fingerprint density at radius 1 is 1.17 bits per heavy atom. The van der Waals surface area contributed by atoms with Crippen molar-refractivity contribution in [2.45, 2.75) is 5.16 Å². The monoisotopic (exact) mass is 336 g/mol. The van der Waals surface area contributed by atoms with Crippen molar-refractivity contribution in [3.05, 3.63) is 54.5 Å². The third-order valence-electron chi connectivity index (χ3n) is 3.00. The highest BCUT2D eigenvalue weighted by atomic mass is 32.2. The van der Waals surface area contributed by atoms with Crippen molar-refractivity contribution in [2.24, 2.45) is 0 Å². The van der Waals surface area contributed by atoms with E-state index in [1.54, 1.807) is 0 Å². The predicted molar refractivity (Wildman–Crippen MR) is 77.6 cm³/mol. The molecule has 0 saturated carbocycles. The molecular weight excluding hydrogens is 326 g/mol. The summed E-state index contributed by atoms with van der Waals surface area (Å²) >= 11 is 0. The fourth-order valence-electron chi connectivity index (χ4n) is 1.93. The van der Waals surface area contributed by atoms with Crippen molar-refractivity contribution in [1.82, 2.24) is 19.7 Å². The van der Waals surface area contributed by atoms with Gasteiger partial charge in [-0.05, 0) is 18.2 Å². The number of sulfone groups is 1. The van der Waals surface area contributed by atoms with Crippen LogP contribution in [0.15, 0.2) is 48.0 Å². The van der Waals surface area contributed by atoms with Gasteiger partial charge in [0.1, 0.15) is 11.5 Å². The summed E-state index contributed by atoms with van der Waals surface area (Å²) in [6.07, 6.45) is 5.18. The number of hydrogen-bond acceptors (Lipinski definition) is 5. The van der Waals surface area contributed by atoms with E-state index < -0.39 is 21.5 Å². The van der Waals surface area contributed by atoms with E-state index in [1.807, 2.05) is 0 Å². The fraction of sp³-hybridized carbons (Fsp3) is 0.0714. The zero-order chi connectivity index (χ0) is 16.6. The van der Waals surface area contributed by atoms with Gasteiger partial charge in [0.15, 0.2) is 5.82 Å². The second kappa shape index (κ2) is 5.51. The lowest BCUT2D eigenvalue weighted by Crippen LogP contribution is -2.04. The molecule has 23 heavy (non-hydrogen) atoms. The quantitative estimate of drug-likeness (QED) is 0.684. The lowest BCUT2D eigenvalue weighted by Gasteiger charge is -2.02. The van der Waals surface area contributed by atoms with E-state index in [0.29, 0.717) is 11.3 Å². The first-order valence-electron chi connectivity index (χ1n) is 6.38. The van der Waals surface area contributed by atoms with E-state index in [-0.39, 0.29) is 10.8 Å². The average molecular weight is 336 g/mol. The van der Waals surface area contributed by atoms with Gasteiger partial charge in [0.05, 0.1) is 11.9 Å². The molecule has 3 aromatic rings. The van der Waals surface area contributed by atoms with Crippen LogP contribution < -0.4 is 0 Å². The van der Waals surface area contributed by atoms with Crippen molar-refractivity contribution in [3.63, 3.8) is 0 Å². The minimum atomic E-state index is -3.54. The largest absolute Gasteiger partial charge is 0.247 e. The topological polar surface area (TPSA) is 77.7 Å². The maximum Gasteiger partial charge on any atom is 0.247 e. The van der Waals surface area contributed by atoms with Crippen molar-refractivity contribution in [1.29, 1.82) is 0 Å². The van der Waals surface area contributed by atoms with E-state index in [2.05, 4.69) is 15.1 Å². The van der Waals surface area contributed by atoms with Gasteiger partial charge in [0, 0.05) is 30.3 Å². The van der Waals surface area contributed by atoms with E-state index in [0.717, 1.165) is 18.4 Å². The Labute approximate surface area is 130 Å². The molecule has 0 amide bonds. The van der Waals surface area contributed by atoms with Gasteiger partial charge in [-0.3, -0.25) is 0 Å². The van der Waals surface area contributed by atoms with Gasteiger partial charge < -0.3 is 0 Å². The summed E-state index contributed by atoms with van der Waals surface area (Å²) in [7, 11) is -3.54. The van der Waals surface area contributed by atoms with Crippen LogP contribution in [0.1, 0.15) is 0 Å². The third kappa shape index (κ3) is 3.09. The molecule has 0 unspecified atom stereocenters. The highest BCUT2D eigenvalue weighted by Crippen LogP contribution is 2.20. The van der Waals surface area contributed by atoms with Crippen LogP contribution in [0.25, 0.3) is 16.9 Å². The molecule has 9 heteroatoms. The highest BCUT2D eigenvalue weighted by molar-refractivity contribution is 7.90. The van der Waals surface area contributed by atoms with Crippen LogP contribution >= 0.6 is 0 Å². The van der Waals surface area contributed by atoms with Crippen LogP contribution in [0.4, 0.5) is 8.78 Å². The molecule has 3 rings (SSSR count). The zero-order valence-electron chi connectivity index (χ0n) is 11.8. The maximum atomic E-state index is 13.8. The molecule has 0 saturated heterocycles. The summed E-state index contributed by atoms with van der Waals surface area (Å²) in [6.45, 7) is 0. The van der Waals surface area contributed by atoms with Crippen LogP contribution in [0.2, 0.25) is 0 Å². The first kappa shape index (κ1) is 15.2. The molecule has 6 nitrogen and oxygen atoms in total. The Bertz CT molecular complexity index is 986. The molecular formula is C14H10F2N4O2S. The Kier molecular flexibility index (Phi) is 3.64. The summed E-state index contributed by atoms with van der Waals surface area (Å²) in [4.78, 5) is 7.65. The van der Waals surface area contributed by atoms with Gasteiger partial charge >= 0.3 is 0 Å². The number of nitrogens with zero attached hydrogens (tertiary/aromatic N) is 4. The van der Waals surface area contributed by atoms with Crippen molar-refractivity contribution >= 4 is 9.84 Å². The van der Waals surface area contributed by atoms with Crippen LogP contribution in [-0.2, 0) is 9.84 Å². The minimum absolute atomic E-state index is 0.0649. The molecule has 0 bridgehead atoms. The molecule has 0 N–H and O–H groups in total. The molecule has 1 aromatic carbocycles. The fourth-order valence-corrected chi connectivity index (χ4v) is 2.45. The summed E-state index contributed by atoms with van der Waals surface area (Å²) < 4.78 is 50.9. The summed E-state index contributed by atoms with van der Waals surface area (Å²) in [5.41, 5.74) is 0.866. The van der Waals surface area contributed by atoms with E-state index >= 15 is 0 Å². The molecule has 0 aliphatic carbocycles. The van der Waals surface area contributed by atoms with Crippen LogP contribution in [0.5, 0.6) is 0 Å². The molecule has 0 aliphatic heterocycles. The van der Waals surface area contributed by atoms with E-state index in [1.165, 1.54) is 35.4 Å². The highest BCUT2D eigenvalue weighted by Gasteiger charge is 2.14. The normalized spacial score (nSPS) is 11.6. The smallest absolute Gasteiger partial charge is 0.237 e. The van der Waals surface area contributed by atoms with Crippen molar-refractivity contribution < 1.29 is 17.2 Å². The van der Waals surface area contributed by atoms with E-state index in [4.69, 9.17) is 0 Å². The summed E-state index contributed by atoms with van der Waals surface area (Å²) in [5, 5.41) is 3.68. The molecule has 0 radical (unpaired) electrons. The lowest BCUT2D eigenvalue weighted by molar-refractivity contribution is 0.573. The SMILES string of the molecule is CS(=O)(=O)c1nccc(-c2cnn(-c3ccc(F)cc3F)c2)n1. The summed E-state index contributed by atoms with van der Waals surface area (Å²) in [6, 6.07) is 4.63. The summed E-state index contributed by atoms with van der Waals surface area (Å²) in [5.74, 6) is -1.45. The zero-order valence-corrected chi connectivity index (χ0v) is 12.6. The molecule has 2 aromatic heterocycles. The van der Waals surface area contributed by atoms with Crippen LogP contribution in [-0.4, -0.2) is 34.4 Å². The number of hydrogen-bond donors (Lipinski definition) is 0. The second-order valence-corrected chi connectivity index (χ2v) is 6.68. The Balaban J connectivity index is 2.03. The maximum absolute atomic E-state index is 13.8. The van der Waals surface area contributed by atoms with Gasteiger partial charge in [-0.25, -0.2) is 31.8 Å². The average Bonchev–Trinajstić information content (AvgIpc) is 2.96. The van der Waals surface area contributed by atoms with Gasteiger partial charge in [-0.2, -0.15) is 5.10 Å². The number of benzene rings is 1. The van der Waals surface area contributed by atoms with Gasteiger partial charge in [0.2, 0.25) is 15.0 Å². The third-order valence-corrected chi connectivity index (χ3v) is 3.86. The first-order valence-corrected chi connectivity index (χ1v) is 8.27. The molecule has 2 heterocycles. The molecule has 118 valence electrons. The van der Waals surface area contributed by atoms with Crippen molar-refractivity contribution in [2.75, 3.05) is 6.26 Å². The number of rotatable bonds is 3. The standard InChI is InChI=1S/C14H10F2N4O2S/c1-23(21,22)14-17-5-4-12(19-14)9-7-18-20(8-9)13-3-2-10(15)6-11(13)16/h2-8H,1H3. The van der Waals surface area contributed by atoms with Crippen LogP contribution in [0.3, 0.4) is 0 Å². The minimum Gasteiger partial charge on any atom is -0.237 e. The van der Waals surface area contributed by atoms with E-state index in [9.17, 15) is 17.2 Å². The van der Waals surface area contributed by atoms with Crippen molar-refractivity contribution in [3.8, 4) is 16.9 Å². The number of halogens is 2. The first-order chi connectivity index (χ1) is 10.8.